The number of hydrogen-bond acceptors (Lipinski definition) is 6. The zero-order chi connectivity index (χ0) is 21.0. The molecule has 0 radical (unpaired) electrons. The van der Waals surface area contributed by atoms with Gasteiger partial charge < -0.3 is 18.9 Å². The average Bonchev–Trinajstić information content (AvgIpc) is 3.41. The van der Waals surface area contributed by atoms with Crippen LogP contribution >= 0.6 is 0 Å². The van der Waals surface area contributed by atoms with E-state index in [-0.39, 0.29) is 5.97 Å². The fourth-order valence-electron chi connectivity index (χ4n) is 4.86. The highest BCUT2D eigenvalue weighted by Gasteiger charge is 2.45. The smallest absolute Gasteiger partial charge is 0.313 e. The number of nitrogens with zero attached hydrogens (tertiary/aromatic N) is 2. The lowest BCUT2D eigenvalue weighted by atomic mass is 9.76. The van der Waals surface area contributed by atoms with Crippen molar-refractivity contribution in [2.45, 2.75) is 39.5 Å². The summed E-state index contributed by atoms with van der Waals surface area (Å²) in [6, 6.07) is 10.1. The zero-order valence-corrected chi connectivity index (χ0v) is 18.1. The molecule has 0 bridgehead atoms. The van der Waals surface area contributed by atoms with Crippen molar-refractivity contribution in [3.05, 3.63) is 41.7 Å². The number of carbonyl (C=O) groups is 1. The van der Waals surface area contributed by atoms with E-state index in [4.69, 9.17) is 14.0 Å². The first-order chi connectivity index (χ1) is 14.6. The van der Waals surface area contributed by atoms with Gasteiger partial charge in [0.2, 0.25) is 0 Å². The van der Waals surface area contributed by atoms with Crippen molar-refractivity contribution in [1.29, 1.82) is 0 Å². The third-order valence-electron chi connectivity index (χ3n) is 6.40. The van der Waals surface area contributed by atoms with Crippen LogP contribution in [0.5, 0.6) is 0 Å². The lowest BCUT2D eigenvalue weighted by Gasteiger charge is -2.41. The highest BCUT2D eigenvalue weighted by Crippen LogP contribution is 2.37. The summed E-state index contributed by atoms with van der Waals surface area (Å²) in [5.74, 6) is 1.18. The Morgan fingerprint density at radius 3 is 3.00 bits per heavy atom. The topological polar surface area (TPSA) is 64.8 Å². The van der Waals surface area contributed by atoms with Gasteiger partial charge in [-0.15, -0.1) is 0 Å². The maximum absolute atomic E-state index is 13.1. The second kappa shape index (κ2) is 9.31. The summed E-state index contributed by atoms with van der Waals surface area (Å²) in [7, 11) is 0. The first-order valence-electron chi connectivity index (χ1n) is 11.1. The van der Waals surface area contributed by atoms with Gasteiger partial charge in [-0.2, -0.15) is 0 Å². The van der Waals surface area contributed by atoms with Gasteiger partial charge in [0.1, 0.15) is 11.5 Å². The fraction of sp³-hybridized carbons (Fsp3) is 0.583. The molecule has 6 heteroatoms. The van der Waals surface area contributed by atoms with Gasteiger partial charge in [0, 0.05) is 37.7 Å². The lowest BCUT2D eigenvalue weighted by molar-refractivity contribution is -0.159. The summed E-state index contributed by atoms with van der Waals surface area (Å²) in [5.41, 5.74) is 2.44. The van der Waals surface area contributed by atoms with Gasteiger partial charge in [-0.1, -0.05) is 29.4 Å². The second-order valence-electron chi connectivity index (χ2n) is 8.74. The lowest BCUT2D eigenvalue weighted by Crippen LogP contribution is -2.50. The largest absolute Gasteiger partial charge is 0.466 e. The quantitative estimate of drug-likeness (QED) is 0.643. The molecule has 0 aliphatic carbocycles. The molecule has 162 valence electrons. The van der Waals surface area contributed by atoms with Crippen molar-refractivity contribution in [3.63, 3.8) is 0 Å². The highest BCUT2D eigenvalue weighted by molar-refractivity contribution is 5.78. The van der Waals surface area contributed by atoms with Crippen LogP contribution in [0.3, 0.4) is 0 Å². The van der Waals surface area contributed by atoms with Gasteiger partial charge in [-0.3, -0.25) is 4.79 Å². The minimum Gasteiger partial charge on any atom is -0.466 e. The van der Waals surface area contributed by atoms with Crippen molar-refractivity contribution >= 4 is 5.97 Å². The number of piperidine rings is 1. The number of carbonyl (C=O) groups excluding carboxylic acids is 1. The second-order valence-corrected chi connectivity index (χ2v) is 8.74. The Balaban J connectivity index is 1.53. The molecule has 1 aromatic heterocycles. The van der Waals surface area contributed by atoms with E-state index >= 15 is 0 Å². The molecular weight excluding hydrogens is 380 g/mol. The third-order valence-corrected chi connectivity index (χ3v) is 6.40. The number of aryl methyl sites for hydroxylation is 1. The third kappa shape index (κ3) is 4.60. The van der Waals surface area contributed by atoms with Crippen molar-refractivity contribution in [1.82, 2.24) is 10.1 Å². The molecule has 1 aromatic carbocycles. The summed E-state index contributed by atoms with van der Waals surface area (Å²) >= 11 is 0. The van der Waals surface area contributed by atoms with Crippen LogP contribution in [0.1, 0.15) is 37.5 Å². The van der Waals surface area contributed by atoms with E-state index in [9.17, 15) is 4.79 Å². The number of esters is 1. The molecule has 6 nitrogen and oxygen atoms in total. The Hall–Kier alpha value is -2.18. The van der Waals surface area contributed by atoms with Crippen LogP contribution in [0.2, 0.25) is 0 Å². The van der Waals surface area contributed by atoms with E-state index in [0.29, 0.717) is 25.5 Å². The molecule has 30 heavy (non-hydrogen) atoms. The first-order valence-corrected chi connectivity index (χ1v) is 11.1. The monoisotopic (exact) mass is 412 g/mol. The number of aromatic nitrogens is 1. The van der Waals surface area contributed by atoms with E-state index in [1.807, 2.05) is 31.2 Å². The predicted molar refractivity (Wildman–Crippen MR) is 114 cm³/mol. The molecule has 0 saturated carbocycles. The molecule has 2 aliphatic heterocycles. The van der Waals surface area contributed by atoms with E-state index < -0.39 is 5.41 Å². The summed E-state index contributed by atoms with van der Waals surface area (Å²) < 4.78 is 16.8. The number of ether oxygens (including phenoxy) is 2. The molecule has 2 aliphatic rings. The first kappa shape index (κ1) is 21.1. The molecule has 3 heterocycles. The molecule has 2 atom stereocenters. The van der Waals surface area contributed by atoms with Gasteiger partial charge >= 0.3 is 5.97 Å². The molecule has 2 fully saturated rings. The maximum Gasteiger partial charge on any atom is 0.313 e. The Bertz CT molecular complexity index is 858. The van der Waals surface area contributed by atoms with Crippen molar-refractivity contribution < 1.29 is 18.8 Å². The van der Waals surface area contributed by atoms with Crippen LogP contribution in [-0.4, -0.2) is 55.5 Å². The Morgan fingerprint density at radius 1 is 1.37 bits per heavy atom. The van der Waals surface area contributed by atoms with E-state index in [1.54, 1.807) is 0 Å². The summed E-state index contributed by atoms with van der Waals surface area (Å²) in [6.45, 7) is 8.69. The van der Waals surface area contributed by atoms with E-state index in [2.05, 4.69) is 23.0 Å². The number of benzene rings is 1. The van der Waals surface area contributed by atoms with Gasteiger partial charge in [0.05, 0.1) is 18.6 Å². The van der Waals surface area contributed by atoms with Crippen LogP contribution in [0.4, 0.5) is 0 Å². The Morgan fingerprint density at radius 2 is 2.23 bits per heavy atom. The van der Waals surface area contributed by atoms with Gasteiger partial charge in [-0.25, -0.2) is 0 Å². The minimum atomic E-state index is -0.587. The SMILES string of the molecule is CCOC(=O)[C@@]1(Cc2cc(-c3ccccc3C)no2)CCCN(C[C@H]2CCOC2)C1. The Kier molecular flexibility index (Phi) is 6.54. The molecule has 2 saturated heterocycles. The molecule has 0 N–H and O–H groups in total. The fourth-order valence-corrected chi connectivity index (χ4v) is 4.86. The van der Waals surface area contributed by atoms with Crippen LogP contribution in [0.25, 0.3) is 11.3 Å². The molecule has 4 rings (SSSR count). The summed E-state index contributed by atoms with van der Waals surface area (Å²) in [6.07, 6.45) is 3.41. The molecular formula is C24H32N2O4. The van der Waals surface area contributed by atoms with Crippen molar-refractivity contribution in [3.8, 4) is 11.3 Å². The van der Waals surface area contributed by atoms with Crippen LogP contribution in [-0.2, 0) is 20.7 Å². The van der Waals surface area contributed by atoms with E-state index in [1.165, 1.54) is 0 Å². The van der Waals surface area contributed by atoms with Crippen molar-refractivity contribution in [2.24, 2.45) is 11.3 Å². The molecule has 0 spiro atoms. The standard InChI is InChI=1S/C24H32N2O4/c1-3-29-23(27)24(10-6-11-26(17-24)15-19-9-12-28-16-19)14-20-13-22(25-30-20)21-8-5-4-7-18(21)2/h4-5,7-8,13,19H,3,6,9-12,14-17H2,1-2H3/t19-,24-/m1/s1. The summed E-state index contributed by atoms with van der Waals surface area (Å²) in [4.78, 5) is 15.5. The van der Waals surface area contributed by atoms with E-state index in [0.717, 1.165) is 68.1 Å². The summed E-state index contributed by atoms with van der Waals surface area (Å²) in [5, 5.41) is 4.29. The molecule has 0 unspecified atom stereocenters. The predicted octanol–water partition coefficient (Wildman–Crippen LogP) is 3.87. The molecule has 0 amide bonds. The number of hydrogen-bond donors (Lipinski definition) is 0. The van der Waals surface area contributed by atoms with Crippen LogP contribution in [0.15, 0.2) is 34.9 Å². The van der Waals surface area contributed by atoms with Crippen molar-refractivity contribution in [2.75, 3.05) is 39.5 Å². The number of rotatable bonds is 7. The normalized spacial score (nSPS) is 24.8. The minimum absolute atomic E-state index is 0.119. The van der Waals surface area contributed by atoms with Gasteiger partial charge in [0.15, 0.2) is 0 Å². The Labute approximate surface area is 178 Å². The highest BCUT2D eigenvalue weighted by atomic mass is 16.5. The average molecular weight is 413 g/mol. The molecule has 2 aromatic rings. The van der Waals surface area contributed by atoms with Crippen LogP contribution in [0, 0.1) is 18.3 Å². The van der Waals surface area contributed by atoms with Gasteiger partial charge in [0.25, 0.3) is 0 Å². The zero-order valence-electron chi connectivity index (χ0n) is 18.1. The van der Waals surface area contributed by atoms with Crippen LogP contribution < -0.4 is 0 Å². The number of likely N-dealkylation sites (tertiary alicyclic amines) is 1. The maximum atomic E-state index is 13.1. The van der Waals surface area contributed by atoms with Gasteiger partial charge in [-0.05, 0) is 51.1 Å².